The highest BCUT2D eigenvalue weighted by Crippen LogP contribution is 2.31. The van der Waals surface area contributed by atoms with Gasteiger partial charge in [0.15, 0.2) is 0 Å². The number of hydrogen-bond acceptors (Lipinski definition) is 5. The van der Waals surface area contributed by atoms with Gasteiger partial charge in [0.2, 0.25) is 5.69 Å². The van der Waals surface area contributed by atoms with E-state index in [4.69, 9.17) is 11.6 Å². The highest BCUT2D eigenvalue weighted by atomic mass is 35.5. The molecule has 0 aliphatic heterocycles. The van der Waals surface area contributed by atoms with Crippen LogP contribution in [0.4, 0.5) is 13.2 Å². The summed E-state index contributed by atoms with van der Waals surface area (Å²) >= 11 is 5.93. The number of carbonyl (C=O) groups excluding carboxylic acids is 1. The molecule has 2 aromatic carbocycles. The van der Waals surface area contributed by atoms with E-state index in [1.165, 1.54) is 19.1 Å². The zero-order chi connectivity index (χ0) is 24.6. The fourth-order valence-corrected chi connectivity index (χ4v) is 3.56. The lowest BCUT2D eigenvalue weighted by Crippen LogP contribution is -2.30. The Bertz CT molecular complexity index is 1440. The maximum atomic E-state index is 13.3. The molecule has 2 aromatic heterocycles. The smallest absolute Gasteiger partial charge is 0.416 e. The Morgan fingerprint density at radius 3 is 2.47 bits per heavy atom. The third-order valence-electron chi connectivity index (χ3n) is 5.09. The first-order valence-electron chi connectivity index (χ1n) is 9.81. The number of alkyl halides is 3. The number of hydrogen-bond donors (Lipinski definition) is 1. The molecular formula is C23H16ClF3N4O3. The van der Waals surface area contributed by atoms with Crippen molar-refractivity contribution in [3.63, 3.8) is 0 Å². The molecule has 34 heavy (non-hydrogen) atoms. The third kappa shape index (κ3) is 4.32. The highest BCUT2D eigenvalue weighted by Gasteiger charge is 2.31. The van der Waals surface area contributed by atoms with E-state index in [2.05, 4.69) is 19.9 Å². The van der Waals surface area contributed by atoms with Crippen LogP contribution in [-0.2, 0) is 10.9 Å². The van der Waals surface area contributed by atoms with Crippen molar-refractivity contribution >= 4 is 17.6 Å². The average Bonchev–Trinajstić information content (AvgIpc) is 3.29. The highest BCUT2D eigenvalue weighted by molar-refractivity contribution is 6.30. The number of H-pyrrole nitrogens is 1. The number of aromatic amines is 1. The monoisotopic (exact) mass is 488 g/mol. The molecule has 2 heterocycles. The van der Waals surface area contributed by atoms with Gasteiger partial charge in [0.25, 0.3) is 5.56 Å². The molecule has 0 bridgehead atoms. The molecule has 0 amide bonds. The minimum Gasteiger partial charge on any atom is -0.464 e. The predicted octanol–water partition coefficient (Wildman–Crippen LogP) is 5.06. The molecule has 0 aliphatic carbocycles. The number of rotatable bonds is 4. The fraction of sp³-hybridized carbons (Fsp3) is 0.130. The lowest BCUT2D eigenvalue weighted by atomic mass is 10.1. The molecule has 0 aliphatic rings. The molecule has 0 radical (unpaired) electrons. The number of nitrogens with zero attached hydrogens (tertiary/aromatic N) is 3. The van der Waals surface area contributed by atoms with Crippen molar-refractivity contribution in [1.82, 2.24) is 19.7 Å². The number of methoxy groups -OCH3 is 1. The first-order valence-corrected chi connectivity index (χ1v) is 10.2. The molecule has 0 saturated carbocycles. The second-order valence-electron chi connectivity index (χ2n) is 7.25. The summed E-state index contributed by atoms with van der Waals surface area (Å²) in [6.45, 7) is 1.51. The van der Waals surface area contributed by atoms with Crippen molar-refractivity contribution in [3.05, 3.63) is 86.9 Å². The second kappa shape index (κ2) is 8.79. The number of esters is 1. The molecule has 1 N–H and O–H groups in total. The minimum atomic E-state index is -4.62. The Labute approximate surface area is 195 Å². The van der Waals surface area contributed by atoms with E-state index in [1.54, 1.807) is 30.3 Å². The maximum absolute atomic E-state index is 13.3. The van der Waals surface area contributed by atoms with E-state index in [9.17, 15) is 22.8 Å². The number of ether oxygens (including phenoxy) is 1. The maximum Gasteiger partial charge on any atom is 0.416 e. The van der Waals surface area contributed by atoms with Gasteiger partial charge in [0.1, 0.15) is 5.69 Å². The third-order valence-corrected chi connectivity index (χ3v) is 5.34. The molecule has 4 aromatic rings. The van der Waals surface area contributed by atoms with Gasteiger partial charge in [-0.15, -0.1) is 0 Å². The van der Waals surface area contributed by atoms with Crippen LogP contribution in [0.5, 0.6) is 0 Å². The molecule has 11 heteroatoms. The molecular weight excluding hydrogens is 473 g/mol. The van der Waals surface area contributed by atoms with E-state index in [1.807, 2.05) is 0 Å². The van der Waals surface area contributed by atoms with E-state index >= 15 is 0 Å². The second-order valence-corrected chi connectivity index (χ2v) is 7.68. The van der Waals surface area contributed by atoms with Gasteiger partial charge in [-0.2, -0.15) is 18.3 Å². The van der Waals surface area contributed by atoms with E-state index < -0.39 is 29.0 Å². The standard InChI is InChI=1S/C23H16ClF3N4O3/c1-12-19(18-11-17(29-30-18)13-6-8-15(24)9-7-13)28-20(22(33)34-2)21(32)31(12)16-5-3-4-14(10-16)23(25,26)27/h3-11H,1-2H3,(H,29,30). The Kier molecular flexibility index (Phi) is 6.01. The van der Waals surface area contributed by atoms with Crippen molar-refractivity contribution in [2.45, 2.75) is 13.1 Å². The van der Waals surface area contributed by atoms with Crippen LogP contribution in [0.25, 0.3) is 28.3 Å². The molecule has 0 saturated heterocycles. The molecule has 0 unspecified atom stereocenters. The normalized spacial score (nSPS) is 11.5. The SMILES string of the molecule is COC(=O)c1nc(-c2cc(-c3ccc(Cl)cc3)n[nH]2)c(C)n(-c2cccc(C(F)(F)F)c2)c1=O. The largest absolute Gasteiger partial charge is 0.464 e. The van der Waals surface area contributed by atoms with Crippen LogP contribution in [0.2, 0.25) is 5.02 Å². The molecule has 7 nitrogen and oxygen atoms in total. The quantitative estimate of drug-likeness (QED) is 0.406. The van der Waals surface area contributed by atoms with Crippen LogP contribution in [0, 0.1) is 6.92 Å². The molecule has 4 rings (SSSR count). The van der Waals surface area contributed by atoms with Gasteiger partial charge >= 0.3 is 12.1 Å². The Balaban J connectivity index is 1.93. The summed E-state index contributed by atoms with van der Waals surface area (Å²) in [6.07, 6.45) is -4.62. The van der Waals surface area contributed by atoms with Crippen molar-refractivity contribution in [3.8, 4) is 28.3 Å². The number of carbonyl (C=O) groups is 1. The number of aromatic nitrogens is 4. The van der Waals surface area contributed by atoms with Gasteiger partial charge in [-0.25, -0.2) is 9.78 Å². The van der Waals surface area contributed by atoms with Crippen molar-refractivity contribution in [2.24, 2.45) is 0 Å². The van der Waals surface area contributed by atoms with Crippen molar-refractivity contribution < 1.29 is 22.7 Å². The fourth-order valence-electron chi connectivity index (χ4n) is 3.43. The van der Waals surface area contributed by atoms with E-state index in [0.717, 1.165) is 29.4 Å². The van der Waals surface area contributed by atoms with Crippen LogP contribution in [0.1, 0.15) is 21.7 Å². The van der Waals surface area contributed by atoms with Crippen LogP contribution in [0.3, 0.4) is 0 Å². The Morgan fingerprint density at radius 2 is 1.82 bits per heavy atom. The topological polar surface area (TPSA) is 89.9 Å². The first kappa shape index (κ1) is 23.2. The van der Waals surface area contributed by atoms with Crippen LogP contribution >= 0.6 is 11.6 Å². The number of nitrogens with one attached hydrogen (secondary N) is 1. The first-order chi connectivity index (χ1) is 16.1. The van der Waals surface area contributed by atoms with Gasteiger partial charge in [-0.3, -0.25) is 14.5 Å². The van der Waals surface area contributed by atoms with Crippen molar-refractivity contribution in [1.29, 1.82) is 0 Å². The Hall–Kier alpha value is -3.92. The Morgan fingerprint density at radius 1 is 1.12 bits per heavy atom. The lowest BCUT2D eigenvalue weighted by molar-refractivity contribution is -0.137. The summed E-state index contributed by atoms with van der Waals surface area (Å²) in [5.41, 5.74) is -0.563. The van der Waals surface area contributed by atoms with Gasteiger partial charge in [0.05, 0.1) is 29.8 Å². The number of halogens is 4. The number of benzene rings is 2. The molecule has 0 atom stereocenters. The van der Waals surface area contributed by atoms with Crippen LogP contribution < -0.4 is 5.56 Å². The van der Waals surface area contributed by atoms with Crippen molar-refractivity contribution in [2.75, 3.05) is 7.11 Å². The summed E-state index contributed by atoms with van der Waals surface area (Å²) in [6, 6.07) is 12.8. The molecule has 0 fully saturated rings. The van der Waals surface area contributed by atoms with Gasteiger partial charge < -0.3 is 4.74 Å². The summed E-state index contributed by atoms with van der Waals surface area (Å²) in [7, 11) is 1.08. The summed E-state index contributed by atoms with van der Waals surface area (Å²) in [4.78, 5) is 29.5. The lowest BCUT2D eigenvalue weighted by Gasteiger charge is -2.16. The van der Waals surface area contributed by atoms with Crippen LogP contribution in [0.15, 0.2) is 59.4 Å². The molecule has 174 valence electrons. The molecule has 0 spiro atoms. The van der Waals surface area contributed by atoms with Gasteiger partial charge in [-0.05, 0) is 43.3 Å². The van der Waals surface area contributed by atoms with Gasteiger partial charge in [0, 0.05) is 16.3 Å². The van der Waals surface area contributed by atoms with Crippen LogP contribution in [-0.4, -0.2) is 32.8 Å². The zero-order valence-electron chi connectivity index (χ0n) is 17.8. The average molecular weight is 489 g/mol. The predicted molar refractivity (Wildman–Crippen MR) is 119 cm³/mol. The van der Waals surface area contributed by atoms with E-state index in [0.29, 0.717) is 16.4 Å². The van der Waals surface area contributed by atoms with E-state index in [-0.39, 0.29) is 17.1 Å². The minimum absolute atomic E-state index is 0.0800. The summed E-state index contributed by atoms with van der Waals surface area (Å²) in [5.74, 6) is -1.02. The zero-order valence-corrected chi connectivity index (χ0v) is 18.5. The summed E-state index contributed by atoms with van der Waals surface area (Å²) < 4.78 is 45.5. The van der Waals surface area contributed by atoms with Gasteiger partial charge in [-0.1, -0.05) is 29.8 Å². The summed E-state index contributed by atoms with van der Waals surface area (Å²) in [5, 5.41) is 7.59.